The molecule has 254 valence electrons. The number of aromatic nitrogens is 3. The van der Waals surface area contributed by atoms with Crippen molar-refractivity contribution >= 4 is 76.8 Å². The molecule has 55 heavy (non-hydrogen) atoms. The van der Waals surface area contributed by atoms with Gasteiger partial charge in [0.2, 0.25) is 5.69 Å². The van der Waals surface area contributed by atoms with Crippen molar-refractivity contribution in [3.8, 4) is 28.2 Å². The van der Waals surface area contributed by atoms with Gasteiger partial charge in [-0.15, -0.1) is 0 Å². The van der Waals surface area contributed by atoms with Crippen molar-refractivity contribution in [2.75, 3.05) is 0 Å². The van der Waals surface area contributed by atoms with Gasteiger partial charge >= 0.3 is 0 Å². The maximum atomic E-state index is 8.20. The monoisotopic (exact) mass is 699 g/mol. The quantitative estimate of drug-likeness (QED) is 0.163. The van der Waals surface area contributed by atoms with Crippen molar-refractivity contribution in [1.29, 1.82) is 0 Å². The van der Waals surface area contributed by atoms with Gasteiger partial charge in [0, 0.05) is 49.2 Å². The molecule has 3 heterocycles. The van der Waals surface area contributed by atoms with Crippen LogP contribution in [0.4, 0.5) is 11.4 Å². The largest absolute Gasteiger partial charge is 0.319 e. The zero-order chi connectivity index (χ0) is 36.6. The fraction of sp³-hybridized carbons (Fsp3) is 0. The maximum absolute atomic E-state index is 8.20. The molecule has 5 nitrogen and oxygen atoms in total. The van der Waals surface area contributed by atoms with E-state index in [-0.39, 0.29) is 0 Å². The van der Waals surface area contributed by atoms with Crippen LogP contribution in [-0.2, 0) is 0 Å². The molecule has 0 aliphatic heterocycles. The van der Waals surface area contributed by atoms with E-state index in [1.54, 1.807) is 0 Å². The van der Waals surface area contributed by atoms with Crippen molar-refractivity contribution in [3.63, 3.8) is 0 Å². The number of benzene rings is 8. The molecule has 0 aliphatic carbocycles. The number of hydrogen-bond donors (Lipinski definition) is 0. The van der Waals surface area contributed by atoms with Crippen LogP contribution in [0.1, 0.15) is 0 Å². The van der Waals surface area contributed by atoms with Gasteiger partial charge in [0.15, 0.2) is 5.69 Å². The van der Waals surface area contributed by atoms with E-state index in [0.29, 0.717) is 11.4 Å². The summed E-state index contributed by atoms with van der Waals surface area (Å²) in [7, 11) is 0. The molecule has 0 spiro atoms. The zero-order valence-electron chi connectivity index (χ0n) is 29.5. The van der Waals surface area contributed by atoms with E-state index < -0.39 is 0 Å². The highest BCUT2D eigenvalue weighted by Crippen LogP contribution is 2.40. The molecule has 0 N–H and O–H groups in total. The number of fused-ring (bicyclic) bond motifs is 9. The van der Waals surface area contributed by atoms with Crippen molar-refractivity contribution in [2.24, 2.45) is 0 Å². The van der Waals surface area contributed by atoms with Crippen LogP contribution in [0.3, 0.4) is 0 Å². The predicted molar refractivity (Wildman–Crippen MR) is 227 cm³/mol. The molecule has 8 aromatic carbocycles. The number of para-hydroxylation sites is 4. The molecule has 0 bridgehead atoms. The van der Waals surface area contributed by atoms with Crippen LogP contribution in [0.2, 0.25) is 0 Å². The van der Waals surface area contributed by atoms with E-state index in [1.807, 2.05) is 18.2 Å². The van der Waals surface area contributed by atoms with E-state index in [0.717, 1.165) is 61.0 Å². The SMILES string of the molecule is [C-]#[N+]c1ccc2c3cc(-n4c5ccccc5c5ccccc54)ccc3n(-c3ccc(-c4ccc(-n5c6ccccc6c6ccccc65)c([N+]#[C-])c4)cc3)c2c1. The van der Waals surface area contributed by atoms with Gasteiger partial charge in [0.05, 0.1) is 46.4 Å². The second-order valence-electron chi connectivity index (χ2n) is 14.0. The molecule has 5 heteroatoms. The summed E-state index contributed by atoms with van der Waals surface area (Å²) < 4.78 is 6.81. The fourth-order valence-electron chi connectivity index (χ4n) is 8.65. The lowest BCUT2D eigenvalue weighted by molar-refractivity contribution is 1.17. The first-order valence-electron chi connectivity index (χ1n) is 18.3. The Morgan fingerprint density at radius 1 is 0.327 bits per heavy atom. The number of rotatable bonds is 4. The molecule has 0 radical (unpaired) electrons. The minimum atomic E-state index is 0.598. The average molecular weight is 700 g/mol. The maximum Gasteiger partial charge on any atom is 0.211 e. The third kappa shape index (κ3) is 4.51. The van der Waals surface area contributed by atoms with Crippen LogP contribution < -0.4 is 0 Å². The van der Waals surface area contributed by atoms with Crippen molar-refractivity contribution in [1.82, 2.24) is 13.7 Å². The van der Waals surface area contributed by atoms with E-state index in [4.69, 9.17) is 13.1 Å². The molecule has 0 amide bonds. The molecule has 0 unspecified atom stereocenters. The Bertz CT molecular complexity index is 3350. The fourth-order valence-corrected chi connectivity index (χ4v) is 8.65. The molecule has 3 aromatic heterocycles. The normalized spacial score (nSPS) is 11.6. The van der Waals surface area contributed by atoms with Crippen molar-refractivity contribution in [2.45, 2.75) is 0 Å². The van der Waals surface area contributed by atoms with Crippen LogP contribution in [0, 0.1) is 13.1 Å². The van der Waals surface area contributed by atoms with Gasteiger partial charge in [-0.25, -0.2) is 9.69 Å². The predicted octanol–water partition coefficient (Wildman–Crippen LogP) is 13.7. The lowest BCUT2D eigenvalue weighted by atomic mass is 10.0. The third-order valence-electron chi connectivity index (χ3n) is 11.1. The van der Waals surface area contributed by atoms with Crippen LogP contribution in [-0.4, -0.2) is 13.7 Å². The molecule has 11 aromatic rings. The highest BCUT2D eigenvalue weighted by atomic mass is 15.0. The second-order valence-corrected chi connectivity index (χ2v) is 14.0. The summed E-state index contributed by atoms with van der Waals surface area (Å²) in [5.74, 6) is 0. The Balaban J connectivity index is 1.04. The van der Waals surface area contributed by atoms with Gasteiger partial charge in [-0.05, 0) is 83.9 Å². The topological polar surface area (TPSA) is 23.5 Å². The van der Waals surface area contributed by atoms with E-state index in [2.05, 4.69) is 181 Å². The molecule has 11 rings (SSSR count). The molecular formula is C50H29N5. The summed E-state index contributed by atoms with van der Waals surface area (Å²) in [5, 5.41) is 7.02. The average Bonchev–Trinajstić information content (AvgIpc) is 3.88. The summed E-state index contributed by atoms with van der Waals surface area (Å²) in [6, 6.07) is 61.3. The Morgan fingerprint density at radius 2 is 0.818 bits per heavy atom. The van der Waals surface area contributed by atoms with Crippen LogP contribution >= 0.6 is 0 Å². The first kappa shape index (κ1) is 30.7. The Morgan fingerprint density at radius 3 is 1.40 bits per heavy atom. The van der Waals surface area contributed by atoms with Crippen molar-refractivity contribution in [3.05, 3.63) is 199 Å². The van der Waals surface area contributed by atoms with Crippen molar-refractivity contribution < 1.29 is 0 Å². The molecule has 0 saturated heterocycles. The summed E-state index contributed by atoms with van der Waals surface area (Å²) in [4.78, 5) is 7.81. The van der Waals surface area contributed by atoms with Gasteiger partial charge < -0.3 is 13.7 Å². The standard InChI is InChI=1S/C50H29N5/c1-51-34-22-26-41-42-31-36(54-44-15-7-3-11-37(44)38-12-4-8-16-45(38)54)25-28-48(42)53(50(41)30-34)35-23-19-32(20-24-35)33-21-27-49(43(29-33)52-2)55-46-17-9-5-13-39(46)40-14-6-10-18-47(40)55/h3-31H. The highest BCUT2D eigenvalue weighted by Gasteiger charge is 2.18. The van der Waals surface area contributed by atoms with Gasteiger partial charge in [-0.1, -0.05) is 103 Å². The van der Waals surface area contributed by atoms with Gasteiger partial charge in [-0.3, -0.25) is 0 Å². The minimum absolute atomic E-state index is 0.598. The Labute approximate surface area is 316 Å². The zero-order valence-corrected chi connectivity index (χ0v) is 29.5. The van der Waals surface area contributed by atoms with Crippen LogP contribution in [0.25, 0.3) is 103 Å². The summed E-state index contributed by atoms with van der Waals surface area (Å²) in [5.41, 5.74) is 12.7. The summed E-state index contributed by atoms with van der Waals surface area (Å²) >= 11 is 0. The third-order valence-corrected chi connectivity index (χ3v) is 11.1. The van der Waals surface area contributed by atoms with Crippen LogP contribution in [0.15, 0.2) is 176 Å². The summed E-state index contributed by atoms with van der Waals surface area (Å²) in [6.07, 6.45) is 0. The Hall–Kier alpha value is -7.86. The Kier molecular flexibility index (Phi) is 6.61. The second kappa shape index (κ2) is 11.8. The molecular weight excluding hydrogens is 671 g/mol. The highest BCUT2D eigenvalue weighted by molar-refractivity contribution is 6.13. The van der Waals surface area contributed by atoms with E-state index in [9.17, 15) is 0 Å². The lowest BCUT2D eigenvalue weighted by Crippen LogP contribution is -1.96. The van der Waals surface area contributed by atoms with E-state index >= 15 is 0 Å². The van der Waals surface area contributed by atoms with Gasteiger partial charge in [0.1, 0.15) is 0 Å². The minimum Gasteiger partial charge on any atom is -0.319 e. The smallest absolute Gasteiger partial charge is 0.211 e. The molecule has 0 saturated carbocycles. The molecule has 0 aliphatic rings. The number of nitrogens with zero attached hydrogens (tertiary/aromatic N) is 5. The molecule has 0 atom stereocenters. The first-order chi connectivity index (χ1) is 27.2. The number of hydrogen-bond acceptors (Lipinski definition) is 0. The van der Waals surface area contributed by atoms with Gasteiger partial charge in [0.25, 0.3) is 0 Å². The van der Waals surface area contributed by atoms with Gasteiger partial charge in [-0.2, -0.15) is 0 Å². The van der Waals surface area contributed by atoms with Crippen LogP contribution in [0.5, 0.6) is 0 Å². The van der Waals surface area contributed by atoms with E-state index in [1.165, 1.54) is 32.6 Å². The molecule has 0 fully saturated rings. The summed E-state index contributed by atoms with van der Waals surface area (Å²) in [6.45, 7) is 16.0. The lowest BCUT2D eigenvalue weighted by Gasteiger charge is -2.13. The first-order valence-corrected chi connectivity index (χ1v) is 18.3.